The highest BCUT2D eigenvalue weighted by molar-refractivity contribution is 7.89. The van der Waals surface area contributed by atoms with E-state index in [1.807, 2.05) is 25.1 Å². The number of nitrogens with zero attached hydrogens (tertiary/aromatic N) is 2. The minimum Gasteiger partial charge on any atom is -0.273 e. The maximum Gasteiger partial charge on any atom is 0.269 e. The second-order valence-corrected chi connectivity index (χ2v) is 10.6. The first-order chi connectivity index (χ1) is 14.3. The van der Waals surface area contributed by atoms with Crippen LogP contribution in [0.25, 0.3) is 10.2 Å². The van der Waals surface area contributed by atoms with Crippen molar-refractivity contribution in [1.82, 2.24) is 14.7 Å². The fraction of sp³-hybridized carbons (Fsp3) is 0.333. The van der Waals surface area contributed by atoms with E-state index < -0.39 is 10.0 Å². The fourth-order valence-corrected chi connectivity index (χ4v) is 5.84. The maximum atomic E-state index is 12.8. The lowest BCUT2D eigenvalue weighted by atomic mass is 10.0. The number of thiazole rings is 1. The predicted molar refractivity (Wildman–Crippen MR) is 119 cm³/mol. The zero-order valence-corrected chi connectivity index (χ0v) is 18.5. The van der Waals surface area contributed by atoms with E-state index in [-0.39, 0.29) is 10.8 Å². The monoisotopic (exact) mass is 444 g/mol. The molecule has 3 aromatic rings. The predicted octanol–water partition coefficient (Wildman–Crippen LogP) is 3.78. The number of fused-ring (bicyclic) bond motifs is 1. The van der Waals surface area contributed by atoms with Crippen molar-refractivity contribution in [3.05, 3.63) is 53.6 Å². The Labute approximate surface area is 180 Å². The average Bonchev–Trinajstić information content (AvgIpc) is 3.17. The molecule has 4 rings (SSSR count). The van der Waals surface area contributed by atoms with Gasteiger partial charge in [-0.05, 0) is 61.6 Å². The lowest BCUT2D eigenvalue weighted by Crippen LogP contribution is -2.37. The van der Waals surface area contributed by atoms with Crippen molar-refractivity contribution < 1.29 is 13.2 Å². The van der Waals surface area contributed by atoms with Gasteiger partial charge in [0.05, 0.1) is 15.1 Å². The van der Waals surface area contributed by atoms with Gasteiger partial charge in [-0.1, -0.05) is 30.4 Å². The molecule has 2 heterocycles. The summed E-state index contributed by atoms with van der Waals surface area (Å²) >= 11 is 1.45. The van der Waals surface area contributed by atoms with Gasteiger partial charge < -0.3 is 0 Å². The Morgan fingerprint density at radius 2 is 1.83 bits per heavy atom. The van der Waals surface area contributed by atoms with Gasteiger partial charge >= 0.3 is 0 Å². The summed E-state index contributed by atoms with van der Waals surface area (Å²) in [7, 11) is -3.52. The third-order valence-electron chi connectivity index (χ3n) is 5.40. The van der Waals surface area contributed by atoms with Crippen LogP contribution in [-0.2, 0) is 10.0 Å². The number of aryl methyl sites for hydroxylation is 1. The second-order valence-electron chi connectivity index (χ2n) is 7.63. The summed E-state index contributed by atoms with van der Waals surface area (Å²) in [5, 5.41) is 0.589. The molecule has 0 bridgehead atoms. The highest BCUT2D eigenvalue weighted by Crippen LogP contribution is 2.27. The number of hydrogen-bond donors (Lipinski definition) is 2. The third kappa shape index (κ3) is 4.19. The van der Waals surface area contributed by atoms with Gasteiger partial charge in [0, 0.05) is 18.7 Å². The summed E-state index contributed by atoms with van der Waals surface area (Å²) in [6.07, 6.45) is 1.74. The Balaban J connectivity index is 1.41. The number of carbonyl (C=O) groups is 1. The Morgan fingerprint density at radius 1 is 1.13 bits per heavy atom. The van der Waals surface area contributed by atoms with E-state index in [4.69, 9.17) is 0 Å². The first-order valence-electron chi connectivity index (χ1n) is 9.87. The van der Waals surface area contributed by atoms with Gasteiger partial charge in [0.25, 0.3) is 5.91 Å². The Morgan fingerprint density at radius 3 is 2.50 bits per heavy atom. The number of carbonyl (C=O) groups excluding carboxylic acids is 1. The molecule has 2 N–H and O–H groups in total. The molecule has 2 aromatic carbocycles. The number of sulfonamides is 1. The number of benzene rings is 2. The number of hydrogen-bond acceptors (Lipinski definition) is 6. The average molecular weight is 445 g/mol. The Bertz CT molecular complexity index is 1160. The van der Waals surface area contributed by atoms with E-state index in [2.05, 4.69) is 22.8 Å². The SMILES string of the molecule is Cc1cccc2sc(NNC(=O)c3ccc(S(=O)(=O)N4CCC(C)CC4)cc3)nc12. The highest BCUT2D eigenvalue weighted by atomic mass is 32.2. The van der Waals surface area contributed by atoms with Crippen LogP contribution in [0.1, 0.15) is 35.7 Å². The van der Waals surface area contributed by atoms with Gasteiger partial charge in [0.2, 0.25) is 15.2 Å². The van der Waals surface area contributed by atoms with Crippen molar-refractivity contribution in [2.24, 2.45) is 5.92 Å². The maximum absolute atomic E-state index is 12.8. The van der Waals surface area contributed by atoms with E-state index in [0.29, 0.717) is 29.7 Å². The molecule has 1 aliphatic heterocycles. The second kappa shape index (κ2) is 8.33. The van der Waals surface area contributed by atoms with Crippen LogP contribution in [0.2, 0.25) is 0 Å². The van der Waals surface area contributed by atoms with Crippen molar-refractivity contribution in [3.8, 4) is 0 Å². The molecule has 1 amide bonds. The zero-order chi connectivity index (χ0) is 21.3. The van der Waals surface area contributed by atoms with Crippen molar-refractivity contribution >= 4 is 42.6 Å². The minimum atomic E-state index is -3.52. The van der Waals surface area contributed by atoms with E-state index >= 15 is 0 Å². The first kappa shape index (κ1) is 20.8. The summed E-state index contributed by atoms with van der Waals surface area (Å²) in [5.41, 5.74) is 7.81. The number of piperidine rings is 1. The first-order valence-corrected chi connectivity index (χ1v) is 12.1. The van der Waals surface area contributed by atoms with Gasteiger partial charge in [-0.3, -0.25) is 15.6 Å². The molecule has 1 fully saturated rings. The molecule has 0 saturated carbocycles. The molecular formula is C21H24N4O3S2. The van der Waals surface area contributed by atoms with Gasteiger partial charge in [0.15, 0.2) is 0 Å². The highest BCUT2D eigenvalue weighted by Gasteiger charge is 2.28. The molecule has 0 aliphatic carbocycles. The molecule has 7 nitrogen and oxygen atoms in total. The van der Waals surface area contributed by atoms with E-state index in [1.54, 1.807) is 0 Å². The van der Waals surface area contributed by atoms with Crippen molar-refractivity contribution in [1.29, 1.82) is 0 Å². The Kier molecular flexibility index (Phi) is 5.77. The lowest BCUT2D eigenvalue weighted by Gasteiger charge is -2.29. The van der Waals surface area contributed by atoms with Crippen LogP contribution in [0, 0.1) is 12.8 Å². The molecule has 0 atom stereocenters. The molecule has 0 spiro atoms. The normalized spacial score (nSPS) is 15.9. The van der Waals surface area contributed by atoms with E-state index in [0.717, 1.165) is 28.6 Å². The number of nitrogens with one attached hydrogen (secondary N) is 2. The van der Waals surface area contributed by atoms with Crippen LogP contribution >= 0.6 is 11.3 Å². The summed E-state index contributed by atoms with van der Waals surface area (Å²) in [6, 6.07) is 12.0. The quantitative estimate of drug-likeness (QED) is 0.585. The standard InChI is InChI=1S/C21H24N4O3S2/c1-14-10-12-25(13-11-14)30(27,28)17-8-6-16(7-9-17)20(26)23-24-21-22-19-15(2)4-3-5-18(19)29-21/h3-9,14H,10-13H2,1-2H3,(H,22,24)(H,23,26). The third-order valence-corrected chi connectivity index (χ3v) is 8.25. The Hall–Kier alpha value is -2.49. The fourth-order valence-electron chi connectivity index (χ4n) is 3.47. The molecule has 1 saturated heterocycles. The smallest absolute Gasteiger partial charge is 0.269 e. The minimum absolute atomic E-state index is 0.211. The summed E-state index contributed by atoms with van der Waals surface area (Å²) in [6.45, 7) is 5.21. The number of amides is 1. The molecule has 9 heteroatoms. The van der Waals surface area contributed by atoms with Crippen molar-refractivity contribution in [3.63, 3.8) is 0 Å². The number of anilines is 1. The largest absolute Gasteiger partial charge is 0.273 e. The number of rotatable bonds is 5. The van der Waals surface area contributed by atoms with Crippen molar-refractivity contribution in [2.45, 2.75) is 31.6 Å². The summed E-state index contributed by atoms with van der Waals surface area (Å²) < 4.78 is 28.2. The molecule has 158 valence electrons. The summed E-state index contributed by atoms with van der Waals surface area (Å²) in [4.78, 5) is 17.1. The van der Waals surface area contributed by atoms with Crippen LogP contribution in [0.5, 0.6) is 0 Å². The number of aromatic nitrogens is 1. The van der Waals surface area contributed by atoms with Gasteiger partial charge in [-0.15, -0.1) is 0 Å². The molecule has 0 radical (unpaired) electrons. The zero-order valence-electron chi connectivity index (χ0n) is 16.9. The molecule has 1 aromatic heterocycles. The molecule has 1 aliphatic rings. The van der Waals surface area contributed by atoms with Gasteiger partial charge in [-0.2, -0.15) is 4.31 Å². The van der Waals surface area contributed by atoms with Crippen molar-refractivity contribution in [2.75, 3.05) is 18.5 Å². The van der Waals surface area contributed by atoms with Crippen LogP contribution in [0.4, 0.5) is 5.13 Å². The summed E-state index contributed by atoms with van der Waals surface area (Å²) in [5.74, 6) is 0.191. The lowest BCUT2D eigenvalue weighted by molar-refractivity contribution is 0.0962. The van der Waals surface area contributed by atoms with Crippen LogP contribution in [0.15, 0.2) is 47.4 Å². The van der Waals surface area contributed by atoms with Crippen LogP contribution < -0.4 is 10.9 Å². The number of para-hydroxylation sites is 1. The van der Waals surface area contributed by atoms with E-state index in [9.17, 15) is 13.2 Å². The number of hydrazine groups is 1. The molecular weight excluding hydrogens is 420 g/mol. The molecule has 30 heavy (non-hydrogen) atoms. The topological polar surface area (TPSA) is 91.4 Å². The van der Waals surface area contributed by atoms with E-state index in [1.165, 1.54) is 39.9 Å². The molecule has 0 unspecified atom stereocenters. The van der Waals surface area contributed by atoms with Crippen LogP contribution in [-0.4, -0.2) is 36.7 Å². The van der Waals surface area contributed by atoms with Crippen LogP contribution in [0.3, 0.4) is 0 Å². The van der Waals surface area contributed by atoms with Gasteiger partial charge in [-0.25, -0.2) is 13.4 Å². The van der Waals surface area contributed by atoms with Gasteiger partial charge in [0.1, 0.15) is 0 Å².